The summed E-state index contributed by atoms with van der Waals surface area (Å²) < 4.78 is 138. The third-order valence-corrected chi connectivity index (χ3v) is 3.19. The van der Waals surface area contributed by atoms with Crippen LogP contribution in [0.25, 0.3) is 0 Å². The van der Waals surface area contributed by atoms with Crippen molar-refractivity contribution in [2.45, 2.75) is 45.5 Å². The van der Waals surface area contributed by atoms with Gasteiger partial charge in [0.2, 0.25) is 0 Å². The molecule has 0 spiro atoms. The van der Waals surface area contributed by atoms with E-state index in [1.807, 2.05) is 0 Å². The van der Waals surface area contributed by atoms with Gasteiger partial charge in [-0.3, -0.25) is 0 Å². The lowest BCUT2D eigenvalue weighted by Crippen LogP contribution is -2.17. The predicted molar refractivity (Wildman–Crippen MR) is 105 cm³/mol. The molecule has 0 amide bonds. The molecule has 2 aromatic rings. The van der Waals surface area contributed by atoms with E-state index in [9.17, 15) is 5.11 Å². The summed E-state index contributed by atoms with van der Waals surface area (Å²) in [5, 5.41) is 10.8. The van der Waals surface area contributed by atoms with E-state index in [1.165, 1.54) is 13.8 Å². The molecule has 0 radical (unpaired) electrons. The first-order valence-corrected chi connectivity index (χ1v) is 7.56. The third-order valence-electron chi connectivity index (χ3n) is 3.19. The van der Waals surface area contributed by atoms with Gasteiger partial charge in [-0.2, -0.15) is 0 Å². The highest BCUT2D eigenvalue weighted by Crippen LogP contribution is 2.28. The van der Waals surface area contributed by atoms with Gasteiger partial charge < -0.3 is 19.3 Å². The second kappa shape index (κ2) is 10.1. The van der Waals surface area contributed by atoms with Crippen LogP contribution >= 0.6 is 0 Å². The summed E-state index contributed by atoms with van der Waals surface area (Å²) in [4.78, 5) is 0. The van der Waals surface area contributed by atoms with Crippen LogP contribution in [0.3, 0.4) is 0 Å². The summed E-state index contributed by atoms with van der Waals surface area (Å²) in [7, 11) is 2.18. The molecule has 1 N–H and O–H groups in total. The van der Waals surface area contributed by atoms with E-state index in [0.29, 0.717) is 0 Å². The van der Waals surface area contributed by atoms with Gasteiger partial charge in [-0.15, -0.1) is 0 Å². The number of methoxy groups -OCH3 is 2. The van der Waals surface area contributed by atoms with E-state index in [-0.39, 0.29) is 11.1 Å². The van der Waals surface area contributed by atoms with Gasteiger partial charge in [-0.25, -0.2) is 0 Å². The summed E-state index contributed by atoms with van der Waals surface area (Å²) in [5.74, 6) is -1.75. The van der Waals surface area contributed by atoms with Crippen molar-refractivity contribution in [1.29, 1.82) is 0 Å². The molecule has 0 aliphatic heterocycles. The van der Waals surface area contributed by atoms with Crippen molar-refractivity contribution in [3.63, 3.8) is 0 Å². The van der Waals surface area contributed by atoms with Crippen LogP contribution in [0.2, 0.25) is 0 Å². The Labute approximate surface area is 177 Å². The zero-order valence-electron chi connectivity index (χ0n) is 29.9. The SMILES string of the molecule is [2H]c1c([2H])c(OC([2H])([2H])C([2H])(O)C([2H])([2H])CC([2H])([2H])C([2H])([2H])c2c([2H])c([2H])c(OC)c(OC)c2[2H])c([2H])c(C)c1C. The molecular formula is C22H30O4. The van der Waals surface area contributed by atoms with Gasteiger partial charge in [0.1, 0.15) is 12.3 Å². The van der Waals surface area contributed by atoms with Crippen LogP contribution in [-0.2, 0) is 6.37 Å². The molecule has 0 aliphatic rings. The fourth-order valence-corrected chi connectivity index (χ4v) is 1.71. The van der Waals surface area contributed by atoms with Gasteiger partial charge in [-0.05, 0) is 73.8 Å². The second-order valence-electron chi connectivity index (χ2n) is 4.98. The molecule has 0 aromatic heterocycles. The summed E-state index contributed by atoms with van der Waals surface area (Å²) >= 11 is 0. The molecule has 0 fully saturated rings. The maximum Gasteiger partial charge on any atom is 0.160 e. The molecule has 1 unspecified atom stereocenters. The lowest BCUT2D eigenvalue weighted by atomic mass is 10.0. The minimum absolute atomic E-state index is 0.124. The van der Waals surface area contributed by atoms with Crippen LogP contribution in [0, 0.1) is 13.8 Å². The Morgan fingerprint density at radius 1 is 1.08 bits per heavy atom. The van der Waals surface area contributed by atoms with Crippen molar-refractivity contribution in [3.05, 3.63) is 52.9 Å². The molecule has 2 rings (SSSR count). The molecule has 0 saturated heterocycles. The Bertz CT molecular complexity index is 1310. The minimum Gasteiger partial charge on any atom is -0.493 e. The standard InChI is InChI=1S/C22H30O4/c1-16-9-11-20(13-17(16)2)26-15-19(23)8-6-5-7-18-10-12-21(24-3)22(14-18)25-4/h9-14,19,23H,5-8,15H2,1-4H3/i5D2,7D2,8D2,9D,10D,11D,12D,13D,14D,15D2,19D. The maximum atomic E-state index is 10.8. The predicted octanol–water partition coefficient (Wildman–Crippen LogP) is 4.47. The maximum absolute atomic E-state index is 10.8. The van der Waals surface area contributed by atoms with E-state index in [4.69, 9.17) is 34.8 Å². The zero-order valence-corrected chi connectivity index (χ0v) is 14.9. The first-order valence-electron chi connectivity index (χ1n) is 15.1. The zero-order chi connectivity index (χ0) is 32.3. The van der Waals surface area contributed by atoms with Crippen LogP contribution in [0.5, 0.6) is 17.2 Å². The topological polar surface area (TPSA) is 47.9 Å². The molecular weight excluding hydrogens is 328 g/mol. The number of benzene rings is 2. The average molecular weight is 374 g/mol. The number of hydrogen-bond donors (Lipinski definition) is 1. The van der Waals surface area contributed by atoms with E-state index in [1.54, 1.807) is 0 Å². The Morgan fingerprint density at radius 3 is 2.58 bits per heavy atom. The van der Waals surface area contributed by atoms with Crippen LogP contribution in [0.15, 0.2) is 36.3 Å². The van der Waals surface area contributed by atoms with E-state index in [2.05, 4.69) is 0 Å². The van der Waals surface area contributed by atoms with Crippen molar-refractivity contribution in [3.8, 4) is 17.2 Å². The van der Waals surface area contributed by atoms with Gasteiger partial charge in [-0.1, -0.05) is 18.5 Å². The summed E-state index contributed by atoms with van der Waals surface area (Å²) in [6.45, 7) is -0.954. The Hall–Kier alpha value is -2.20. The lowest BCUT2D eigenvalue weighted by molar-refractivity contribution is 0.0976. The fourth-order valence-electron chi connectivity index (χ4n) is 1.71. The molecule has 0 aliphatic carbocycles. The van der Waals surface area contributed by atoms with Crippen LogP contribution in [0.4, 0.5) is 0 Å². The quantitative estimate of drug-likeness (QED) is 0.667. The van der Waals surface area contributed by atoms with E-state index >= 15 is 0 Å². The second-order valence-corrected chi connectivity index (χ2v) is 4.98. The summed E-state index contributed by atoms with van der Waals surface area (Å²) in [5.41, 5.74) is -0.670. The smallest absolute Gasteiger partial charge is 0.160 e. The van der Waals surface area contributed by atoms with Crippen molar-refractivity contribution >= 4 is 0 Å². The number of rotatable bonds is 10. The molecule has 1 atom stereocenters. The van der Waals surface area contributed by atoms with Crippen molar-refractivity contribution in [1.82, 2.24) is 0 Å². The monoisotopic (exact) mass is 373 g/mol. The molecule has 4 nitrogen and oxygen atoms in total. The molecule has 0 heterocycles. The molecule has 4 heteroatoms. The highest BCUT2D eigenvalue weighted by molar-refractivity contribution is 5.42. The normalized spacial score (nSPS) is 23.7. The molecule has 26 heavy (non-hydrogen) atoms. The molecule has 142 valence electrons. The van der Waals surface area contributed by atoms with E-state index < -0.39 is 97.2 Å². The lowest BCUT2D eigenvalue weighted by Gasteiger charge is -2.13. The number of ether oxygens (including phenoxy) is 3. The van der Waals surface area contributed by atoms with E-state index in [0.717, 1.165) is 14.2 Å². The Kier molecular flexibility index (Phi) is 3.03. The highest BCUT2D eigenvalue weighted by atomic mass is 16.5. The van der Waals surface area contributed by atoms with Crippen molar-refractivity contribution < 1.29 is 39.9 Å². The van der Waals surface area contributed by atoms with Gasteiger partial charge >= 0.3 is 0 Å². The highest BCUT2D eigenvalue weighted by Gasteiger charge is 2.07. The van der Waals surface area contributed by atoms with Gasteiger partial charge in [0.15, 0.2) is 11.5 Å². The van der Waals surface area contributed by atoms with Crippen molar-refractivity contribution in [2.75, 3.05) is 20.8 Å². The largest absolute Gasteiger partial charge is 0.493 e. The third kappa shape index (κ3) is 5.95. The minimum atomic E-state index is -4.00. The number of hydrogen-bond acceptors (Lipinski definition) is 4. The Balaban J connectivity index is 2.61. The van der Waals surface area contributed by atoms with Crippen molar-refractivity contribution in [2.24, 2.45) is 0 Å². The van der Waals surface area contributed by atoms with Crippen LogP contribution in [-0.4, -0.2) is 32.0 Å². The first kappa shape index (κ1) is 7.81. The Morgan fingerprint density at radius 2 is 1.85 bits per heavy atom. The van der Waals surface area contributed by atoms with Gasteiger partial charge in [0.05, 0.1) is 32.6 Å². The van der Waals surface area contributed by atoms with Crippen LogP contribution < -0.4 is 14.2 Å². The fraction of sp³-hybridized carbons (Fsp3) is 0.455. The average Bonchev–Trinajstić information content (AvgIpc) is 2.85. The van der Waals surface area contributed by atoms with Crippen LogP contribution in [0.1, 0.15) is 56.4 Å². The van der Waals surface area contributed by atoms with Gasteiger partial charge in [0, 0.05) is 8.22 Å². The summed E-state index contributed by atoms with van der Waals surface area (Å²) in [6, 6.07) is -4.34. The summed E-state index contributed by atoms with van der Waals surface area (Å²) in [6.07, 6.45) is -16.3. The molecule has 2 aromatic carbocycles. The first-order chi connectivity index (χ1) is 18.4. The molecule has 0 bridgehead atoms. The van der Waals surface area contributed by atoms with Gasteiger partial charge in [0.25, 0.3) is 0 Å². The molecule has 0 saturated carbocycles. The number of aliphatic hydroxyl groups is 1.